The van der Waals surface area contributed by atoms with Gasteiger partial charge in [0.05, 0.1) is 11.5 Å². The van der Waals surface area contributed by atoms with E-state index >= 15 is 0 Å². The van der Waals surface area contributed by atoms with E-state index < -0.39 is 0 Å². The molecular formula is C17H27ClN2O. The molecule has 0 radical (unpaired) electrons. The van der Waals surface area contributed by atoms with Crippen LogP contribution in [-0.4, -0.2) is 18.0 Å². The van der Waals surface area contributed by atoms with E-state index in [0.717, 1.165) is 19.3 Å². The summed E-state index contributed by atoms with van der Waals surface area (Å²) >= 11 is 0. The van der Waals surface area contributed by atoms with Gasteiger partial charge in [-0.25, -0.2) is 0 Å². The number of nitrogens with two attached hydrogens (primary N) is 1. The van der Waals surface area contributed by atoms with Crippen molar-refractivity contribution in [2.45, 2.75) is 51.5 Å². The number of rotatable bonds is 4. The molecule has 2 unspecified atom stereocenters. The highest BCUT2D eigenvalue weighted by molar-refractivity contribution is 5.85. The monoisotopic (exact) mass is 310 g/mol. The number of hydrogen-bond acceptors (Lipinski definition) is 2. The van der Waals surface area contributed by atoms with Gasteiger partial charge >= 0.3 is 0 Å². The van der Waals surface area contributed by atoms with Gasteiger partial charge in [0.1, 0.15) is 0 Å². The quantitative estimate of drug-likeness (QED) is 0.898. The molecule has 1 aliphatic rings. The molecule has 2 rings (SSSR count). The van der Waals surface area contributed by atoms with Crippen LogP contribution in [0, 0.1) is 5.92 Å². The number of fused-ring (bicyclic) bond motifs is 1. The summed E-state index contributed by atoms with van der Waals surface area (Å²) < 4.78 is 0. The Balaban J connectivity index is 0.00000220. The molecule has 0 spiro atoms. The molecule has 3 nitrogen and oxygen atoms in total. The van der Waals surface area contributed by atoms with E-state index in [1.807, 2.05) is 13.0 Å². The molecule has 21 heavy (non-hydrogen) atoms. The Morgan fingerprint density at radius 2 is 2.10 bits per heavy atom. The van der Waals surface area contributed by atoms with Crippen LogP contribution in [-0.2, 0) is 11.2 Å². The lowest BCUT2D eigenvalue weighted by Gasteiger charge is -2.36. The van der Waals surface area contributed by atoms with E-state index in [0.29, 0.717) is 12.5 Å². The van der Waals surface area contributed by atoms with E-state index in [1.54, 1.807) is 0 Å². The van der Waals surface area contributed by atoms with Crippen molar-refractivity contribution in [2.75, 3.05) is 6.54 Å². The number of benzene rings is 1. The first-order chi connectivity index (χ1) is 9.48. The Bertz CT molecular complexity index is 489. The first kappa shape index (κ1) is 18.0. The second-order valence-corrected chi connectivity index (χ2v) is 6.41. The topological polar surface area (TPSA) is 55.1 Å². The summed E-state index contributed by atoms with van der Waals surface area (Å²) in [6.45, 7) is 6.69. The molecular weight excluding hydrogens is 284 g/mol. The maximum atomic E-state index is 12.7. The minimum atomic E-state index is -0.330. The zero-order chi connectivity index (χ0) is 14.8. The van der Waals surface area contributed by atoms with Gasteiger partial charge in [0.25, 0.3) is 0 Å². The number of amides is 1. The first-order valence-electron chi connectivity index (χ1n) is 7.58. The lowest BCUT2D eigenvalue weighted by Crippen LogP contribution is -2.56. The van der Waals surface area contributed by atoms with Crippen molar-refractivity contribution < 1.29 is 4.79 Å². The van der Waals surface area contributed by atoms with Crippen LogP contribution in [0.5, 0.6) is 0 Å². The van der Waals surface area contributed by atoms with Crippen molar-refractivity contribution in [1.82, 2.24) is 5.32 Å². The van der Waals surface area contributed by atoms with E-state index in [-0.39, 0.29) is 29.8 Å². The number of halogens is 1. The Morgan fingerprint density at radius 1 is 1.43 bits per heavy atom. The largest absolute Gasteiger partial charge is 0.349 e. The van der Waals surface area contributed by atoms with Gasteiger partial charge in [-0.15, -0.1) is 12.4 Å². The Kier molecular flexibility index (Phi) is 6.24. The van der Waals surface area contributed by atoms with E-state index in [2.05, 4.69) is 37.4 Å². The summed E-state index contributed by atoms with van der Waals surface area (Å²) in [7, 11) is 0. The molecule has 0 bridgehead atoms. The maximum Gasteiger partial charge on any atom is 0.228 e. The average molecular weight is 311 g/mol. The predicted molar refractivity (Wildman–Crippen MR) is 89.8 cm³/mol. The van der Waals surface area contributed by atoms with Crippen molar-refractivity contribution in [1.29, 1.82) is 0 Å². The van der Waals surface area contributed by atoms with Crippen LogP contribution in [0.3, 0.4) is 0 Å². The van der Waals surface area contributed by atoms with Gasteiger partial charge in [0.2, 0.25) is 5.91 Å². The van der Waals surface area contributed by atoms with Crippen LogP contribution in [0.4, 0.5) is 0 Å². The van der Waals surface area contributed by atoms with Crippen LogP contribution in [0.25, 0.3) is 0 Å². The van der Waals surface area contributed by atoms with Gasteiger partial charge in [-0.05, 0) is 43.2 Å². The number of hydrogen-bond donors (Lipinski definition) is 2. The lowest BCUT2D eigenvalue weighted by molar-refractivity contribution is -0.125. The molecule has 0 fully saturated rings. The molecule has 1 aromatic carbocycles. The van der Waals surface area contributed by atoms with Gasteiger partial charge in [0.15, 0.2) is 0 Å². The maximum absolute atomic E-state index is 12.7. The third-order valence-corrected chi connectivity index (χ3v) is 4.79. The highest BCUT2D eigenvalue weighted by atomic mass is 35.5. The highest BCUT2D eigenvalue weighted by Crippen LogP contribution is 2.32. The van der Waals surface area contributed by atoms with Crippen molar-refractivity contribution >= 4 is 18.3 Å². The molecule has 1 aromatic rings. The summed E-state index contributed by atoms with van der Waals surface area (Å²) in [4.78, 5) is 12.7. The number of nitrogens with one attached hydrogen (secondary N) is 1. The molecule has 0 aliphatic heterocycles. The van der Waals surface area contributed by atoms with Crippen molar-refractivity contribution in [3.8, 4) is 0 Å². The SMILES string of the molecule is CC(C)C(C)(CN)NC(=O)C1CCCc2ccccc21.Cl. The van der Waals surface area contributed by atoms with Gasteiger partial charge in [-0.2, -0.15) is 0 Å². The molecule has 0 saturated carbocycles. The molecule has 3 N–H and O–H groups in total. The number of aryl methyl sites for hydroxylation is 1. The molecule has 1 aliphatic carbocycles. The zero-order valence-corrected chi connectivity index (χ0v) is 14.0. The molecule has 0 saturated heterocycles. The zero-order valence-electron chi connectivity index (χ0n) is 13.2. The standard InChI is InChI=1S/C17H26N2O.ClH/c1-12(2)17(3,11-18)19-16(20)15-10-6-8-13-7-4-5-9-14(13)15;/h4-5,7,9,12,15H,6,8,10-11,18H2,1-3H3,(H,19,20);1H. The summed E-state index contributed by atoms with van der Waals surface area (Å²) in [5.74, 6) is 0.415. The van der Waals surface area contributed by atoms with Gasteiger partial charge in [-0.3, -0.25) is 4.79 Å². The summed E-state index contributed by atoms with van der Waals surface area (Å²) in [5, 5.41) is 3.19. The lowest BCUT2D eigenvalue weighted by atomic mass is 9.81. The van der Waals surface area contributed by atoms with E-state index in [4.69, 9.17) is 5.73 Å². The Hall–Kier alpha value is -1.06. The summed E-state index contributed by atoms with van der Waals surface area (Å²) in [6.07, 6.45) is 3.09. The van der Waals surface area contributed by atoms with Gasteiger partial charge in [-0.1, -0.05) is 38.1 Å². The molecule has 1 amide bonds. The molecule has 0 heterocycles. The molecule has 0 aromatic heterocycles. The van der Waals surface area contributed by atoms with Gasteiger partial charge < -0.3 is 11.1 Å². The number of carbonyl (C=O) groups is 1. The van der Waals surface area contributed by atoms with Crippen molar-refractivity contribution in [3.05, 3.63) is 35.4 Å². The smallest absolute Gasteiger partial charge is 0.228 e. The van der Waals surface area contributed by atoms with Crippen LogP contribution in [0.1, 0.15) is 50.7 Å². The minimum absolute atomic E-state index is 0. The van der Waals surface area contributed by atoms with E-state index in [1.165, 1.54) is 11.1 Å². The first-order valence-corrected chi connectivity index (χ1v) is 7.58. The average Bonchev–Trinajstić information content (AvgIpc) is 2.46. The number of carbonyl (C=O) groups excluding carboxylic acids is 1. The van der Waals surface area contributed by atoms with Crippen LogP contribution in [0.2, 0.25) is 0 Å². The second kappa shape index (κ2) is 7.28. The highest BCUT2D eigenvalue weighted by Gasteiger charge is 2.33. The Labute approximate surface area is 134 Å². The molecule has 118 valence electrons. The normalized spacial score (nSPS) is 20.1. The predicted octanol–water partition coefficient (Wildman–Crippen LogP) is 3.02. The fourth-order valence-electron chi connectivity index (χ4n) is 2.83. The second-order valence-electron chi connectivity index (χ2n) is 6.41. The fourth-order valence-corrected chi connectivity index (χ4v) is 2.83. The van der Waals surface area contributed by atoms with Gasteiger partial charge in [0, 0.05) is 6.54 Å². The van der Waals surface area contributed by atoms with E-state index in [9.17, 15) is 4.79 Å². The van der Waals surface area contributed by atoms with Crippen LogP contribution in [0.15, 0.2) is 24.3 Å². The molecule has 2 atom stereocenters. The summed E-state index contributed by atoms with van der Waals surface area (Å²) in [6, 6.07) is 8.31. The van der Waals surface area contributed by atoms with Crippen molar-refractivity contribution in [2.24, 2.45) is 11.7 Å². The third-order valence-electron chi connectivity index (χ3n) is 4.79. The molecule has 4 heteroatoms. The summed E-state index contributed by atoms with van der Waals surface area (Å²) in [5.41, 5.74) is 8.05. The van der Waals surface area contributed by atoms with Crippen molar-refractivity contribution in [3.63, 3.8) is 0 Å². The fraction of sp³-hybridized carbons (Fsp3) is 0.588. The third kappa shape index (κ3) is 3.78. The van der Waals surface area contributed by atoms with Crippen LogP contribution >= 0.6 is 12.4 Å². The Morgan fingerprint density at radius 3 is 2.71 bits per heavy atom. The van der Waals surface area contributed by atoms with Crippen LogP contribution < -0.4 is 11.1 Å². The minimum Gasteiger partial charge on any atom is -0.349 e.